The molecule has 1 aliphatic rings. The molecule has 0 saturated heterocycles. The normalized spacial score (nSPS) is 25.4. The Morgan fingerprint density at radius 3 is 2.55 bits per heavy atom. The van der Waals surface area contributed by atoms with E-state index in [-0.39, 0.29) is 18.7 Å². The zero-order chi connectivity index (χ0) is 14.8. The maximum atomic E-state index is 13.1. The Hall–Kier alpha value is -0.770. The van der Waals surface area contributed by atoms with E-state index in [1.807, 2.05) is 0 Å². The van der Waals surface area contributed by atoms with E-state index >= 15 is 0 Å². The van der Waals surface area contributed by atoms with Crippen molar-refractivity contribution in [2.75, 3.05) is 0 Å². The summed E-state index contributed by atoms with van der Waals surface area (Å²) in [5, 5.41) is -0.608. The molecule has 3 unspecified atom stereocenters. The molecule has 1 aromatic carbocycles. The summed E-state index contributed by atoms with van der Waals surface area (Å²) in [6, 6.07) is 5.90. The molecule has 1 saturated carbocycles. The van der Waals surface area contributed by atoms with Gasteiger partial charge in [-0.2, -0.15) is 13.2 Å². The highest BCUT2D eigenvalue weighted by Crippen LogP contribution is 2.44. The Morgan fingerprint density at radius 2 is 1.90 bits per heavy atom. The summed E-state index contributed by atoms with van der Waals surface area (Å²) in [4.78, 5) is 0. The summed E-state index contributed by atoms with van der Waals surface area (Å²) in [7, 11) is 0. The van der Waals surface area contributed by atoms with Gasteiger partial charge in [0.1, 0.15) is 5.82 Å². The molecule has 2 rings (SSSR count). The quantitative estimate of drug-likeness (QED) is 0.522. The molecule has 20 heavy (non-hydrogen) atoms. The lowest BCUT2D eigenvalue weighted by Crippen LogP contribution is -2.38. The largest absolute Gasteiger partial charge is 0.392 e. The van der Waals surface area contributed by atoms with Crippen molar-refractivity contribution >= 4 is 11.6 Å². The number of benzene rings is 1. The number of rotatable bonds is 3. The Balaban J connectivity index is 2.08. The van der Waals surface area contributed by atoms with Crippen LogP contribution in [0, 0.1) is 17.7 Å². The molecule has 0 heterocycles. The first-order chi connectivity index (χ1) is 9.38. The first kappa shape index (κ1) is 15.6. The van der Waals surface area contributed by atoms with Gasteiger partial charge in [0.2, 0.25) is 0 Å². The third kappa shape index (κ3) is 3.87. The van der Waals surface area contributed by atoms with Crippen molar-refractivity contribution in [2.45, 2.75) is 43.7 Å². The van der Waals surface area contributed by atoms with E-state index in [2.05, 4.69) is 0 Å². The summed E-state index contributed by atoms with van der Waals surface area (Å²) in [6.07, 6.45) is -1.89. The van der Waals surface area contributed by atoms with Crippen LogP contribution in [0.1, 0.15) is 31.2 Å². The van der Waals surface area contributed by atoms with Gasteiger partial charge in [-0.05, 0) is 42.9 Å². The fraction of sp³-hybridized carbons (Fsp3) is 0.600. The molecule has 0 radical (unpaired) electrons. The maximum Gasteiger partial charge on any atom is 0.392 e. The Labute approximate surface area is 121 Å². The predicted octanol–water partition coefficient (Wildman–Crippen LogP) is 5.34. The van der Waals surface area contributed by atoms with Gasteiger partial charge in [0, 0.05) is 5.38 Å². The van der Waals surface area contributed by atoms with E-state index in [1.54, 1.807) is 12.1 Å². The molecule has 1 aliphatic carbocycles. The van der Waals surface area contributed by atoms with Crippen LogP contribution in [0.15, 0.2) is 24.3 Å². The molecule has 0 nitrogen and oxygen atoms in total. The standard InChI is InChI=1S/C15H17ClF4/c16-14(9-10-4-3-5-11(17)8-10)12-6-1-2-7-13(12)15(18,19)20/h3-5,8,12-14H,1-2,6-7,9H2. The molecule has 1 fully saturated rings. The van der Waals surface area contributed by atoms with Crippen LogP contribution in [-0.4, -0.2) is 11.6 Å². The van der Waals surface area contributed by atoms with Gasteiger partial charge in [0.25, 0.3) is 0 Å². The van der Waals surface area contributed by atoms with E-state index < -0.39 is 23.4 Å². The molecule has 0 bridgehead atoms. The van der Waals surface area contributed by atoms with Crippen molar-refractivity contribution in [3.05, 3.63) is 35.6 Å². The second-order valence-corrected chi connectivity index (χ2v) is 6.01. The lowest BCUT2D eigenvalue weighted by Gasteiger charge is -2.35. The molecule has 3 atom stereocenters. The van der Waals surface area contributed by atoms with Crippen LogP contribution < -0.4 is 0 Å². The summed E-state index contributed by atoms with van der Waals surface area (Å²) < 4.78 is 52.2. The highest BCUT2D eigenvalue weighted by Gasteiger charge is 2.47. The average Bonchev–Trinajstić information content (AvgIpc) is 2.37. The zero-order valence-corrected chi connectivity index (χ0v) is 11.7. The van der Waals surface area contributed by atoms with Gasteiger partial charge in [-0.25, -0.2) is 4.39 Å². The molecule has 0 amide bonds. The molecule has 1 aromatic rings. The van der Waals surface area contributed by atoms with Crippen LogP contribution in [0.3, 0.4) is 0 Å². The van der Waals surface area contributed by atoms with Crippen LogP contribution in [0.25, 0.3) is 0 Å². The van der Waals surface area contributed by atoms with E-state index in [0.29, 0.717) is 18.4 Å². The molecule has 0 N–H and O–H groups in total. The zero-order valence-electron chi connectivity index (χ0n) is 11.0. The molecule has 5 heteroatoms. The fourth-order valence-corrected chi connectivity index (χ4v) is 3.52. The van der Waals surface area contributed by atoms with Crippen LogP contribution in [0.4, 0.5) is 17.6 Å². The van der Waals surface area contributed by atoms with Gasteiger partial charge in [0.15, 0.2) is 0 Å². The Kier molecular flexibility index (Phi) is 4.95. The van der Waals surface area contributed by atoms with E-state index in [1.165, 1.54) is 12.1 Å². The minimum absolute atomic E-state index is 0.153. The van der Waals surface area contributed by atoms with Crippen molar-refractivity contribution < 1.29 is 17.6 Å². The third-order valence-electron chi connectivity index (χ3n) is 4.02. The molecule has 0 spiro atoms. The second kappa shape index (κ2) is 6.33. The smallest absolute Gasteiger partial charge is 0.207 e. The van der Waals surface area contributed by atoms with Crippen molar-refractivity contribution in [2.24, 2.45) is 11.8 Å². The molecular formula is C15H17ClF4. The van der Waals surface area contributed by atoms with Gasteiger partial charge >= 0.3 is 6.18 Å². The highest BCUT2D eigenvalue weighted by atomic mass is 35.5. The van der Waals surface area contributed by atoms with Crippen LogP contribution in [-0.2, 0) is 6.42 Å². The topological polar surface area (TPSA) is 0 Å². The second-order valence-electron chi connectivity index (χ2n) is 5.45. The lowest BCUT2D eigenvalue weighted by molar-refractivity contribution is -0.196. The van der Waals surface area contributed by atoms with E-state index in [4.69, 9.17) is 11.6 Å². The first-order valence-corrected chi connectivity index (χ1v) is 7.27. The molecule has 0 aliphatic heterocycles. The highest BCUT2D eigenvalue weighted by molar-refractivity contribution is 6.21. The minimum Gasteiger partial charge on any atom is -0.207 e. The van der Waals surface area contributed by atoms with Crippen LogP contribution >= 0.6 is 11.6 Å². The van der Waals surface area contributed by atoms with E-state index in [9.17, 15) is 17.6 Å². The predicted molar refractivity (Wildman–Crippen MR) is 71.2 cm³/mol. The van der Waals surface area contributed by atoms with Crippen molar-refractivity contribution in [3.63, 3.8) is 0 Å². The summed E-state index contributed by atoms with van der Waals surface area (Å²) >= 11 is 6.22. The van der Waals surface area contributed by atoms with E-state index in [0.717, 1.165) is 6.42 Å². The lowest BCUT2D eigenvalue weighted by atomic mass is 9.75. The van der Waals surface area contributed by atoms with Gasteiger partial charge < -0.3 is 0 Å². The van der Waals surface area contributed by atoms with Crippen molar-refractivity contribution in [1.29, 1.82) is 0 Å². The SMILES string of the molecule is Fc1cccc(CC(Cl)C2CCCCC2C(F)(F)F)c1. The summed E-state index contributed by atoms with van der Waals surface area (Å²) in [5.41, 5.74) is 0.650. The van der Waals surface area contributed by atoms with Crippen LogP contribution in [0.2, 0.25) is 0 Å². The summed E-state index contributed by atoms with van der Waals surface area (Å²) in [5.74, 6) is -2.29. The van der Waals surface area contributed by atoms with Gasteiger partial charge in [-0.1, -0.05) is 25.0 Å². The number of alkyl halides is 4. The number of halogens is 5. The number of hydrogen-bond donors (Lipinski definition) is 0. The van der Waals surface area contributed by atoms with Crippen molar-refractivity contribution in [3.8, 4) is 0 Å². The van der Waals surface area contributed by atoms with Gasteiger partial charge in [0.05, 0.1) is 5.92 Å². The number of hydrogen-bond acceptors (Lipinski definition) is 0. The Bertz CT molecular complexity index is 444. The monoisotopic (exact) mass is 308 g/mol. The minimum atomic E-state index is -4.19. The summed E-state index contributed by atoms with van der Waals surface area (Å²) in [6.45, 7) is 0. The maximum absolute atomic E-state index is 13.1. The first-order valence-electron chi connectivity index (χ1n) is 6.83. The average molecular weight is 309 g/mol. The Morgan fingerprint density at radius 1 is 1.20 bits per heavy atom. The molecular weight excluding hydrogens is 292 g/mol. The van der Waals surface area contributed by atoms with Gasteiger partial charge in [-0.3, -0.25) is 0 Å². The van der Waals surface area contributed by atoms with Crippen molar-refractivity contribution in [1.82, 2.24) is 0 Å². The van der Waals surface area contributed by atoms with Crippen LogP contribution in [0.5, 0.6) is 0 Å². The molecule has 112 valence electrons. The van der Waals surface area contributed by atoms with Gasteiger partial charge in [-0.15, -0.1) is 11.6 Å². The molecule has 0 aromatic heterocycles. The third-order valence-corrected chi connectivity index (χ3v) is 4.50. The fourth-order valence-electron chi connectivity index (χ4n) is 3.04.